The van der Waals surface area contributed by atoms with Crippen molar-refractivity contribution in [1.29, 1.82) is 0 Å². The zero-order valence-corrected chi connectivity index (χ0v) is 10.8. The minimum Gasteiger partial charge on any atom is -0.480 e. The Balaban J connectivity index is 2.01. The maximum atomic E-state index is 12.2. The van der Waals surface area contributed by atoms with Crippen molar-refractivity contribution in [3.05, 3.63) is 0 Å². The van der Waals surface area contributed by atoms with E-state index in [2.05, 4.69) is 0 Å². The highest BCUT2D eigenvalue weighted by Gasteiger charge is 2.43. The molecule has 8 heteroatoms. The Labute approximate surface area is 114 Å². The molecule has 1 aliphatic carbocycles. The van der Waals surface area contributed by atoms with Gasteiger partial charge in [0.1, 0.15) is 13.1 Å². The fourth-order valence-corrected chi connectivity index (χ4v) is 2.43. The summed E-state index contributed by atoms with van der Waals surface area (Å²) in [5.41, 5.74) is 0. The van der Waals surface area contributed by atoms with Gasteiger partial charge < -0.3 is 20.0 Å². The number of likely N-dealkylation sites (tertiary alicyclic amines) is 1. The average molecular weight is 284 g/mol. The van der Waals surface area contributed by atoms with E-state index in [0.29, 0.717) is 0 Å². The molecule has 2 amide bonds. The summed E-state index contributed by atoms with van der Waals surface area (Å²) in [5.74, 6) is -3.88. The first-order chi connectivity index (χ1) is 9.38. The van der Waals surface area contributed by atoms with Gasteiger partial charge in [-0.2, -0.15) is 0 Å². The number of nitrogens with zero attached hydrogens (tertiary/aromatic N) is 2. The summed E-state index contributed by atoms with van der Waals surface area (Å²) >= 11 is 0. The third-order valence-corrected chi connectivity index (χ3v) is 3.46. The number of carbonyl (C=O) groups excluding carboxylic acids is 2. The van der Waals surface area contributed by atoms with Crippen LogP contribution in [-0.2, 0) is 19.2 Å². The van der Waals surface area contributed by atoms with Crippen LogP contribution in [0.2, 0.25) is 0 Å². The number of rotatable bonds is 6. The lowest BCUT2D eigenvalue weighted by Gasteiger charge is -2.22. The van der Waals surface area contributed by atoms with Gasteiger partial charge in [-0.1, -0.05) is 0 Å². The summed E-state index contributed by atoms with van der Waals surface area (Å²) in [6.07, 6.45) is 1.90. The van der Waals surface area contributed by atoms with Gasteiger partial charge >= 0.3 is 11.9 Å². The van der Waals surface area contributed by atoms with Crippen LogP contribution < -0.4 is 0 Å². The molecular weight excluding hydrogens is 268 g/mol. The molecule has 0 aromatic heterocycles. The molecule has 2 rings (SSSR count). The summed E-state index contributed by atoms with van der Waals surface area (Å²) in [5, 5.41) is 17.5. The molecule has 2 aliphatic rings. The predicted molar refractivity (Wildman–Crippen MR) is 64.7 cm³/mol. The summed E-state index contributed by atoms with van der Waals surface area (Å²) in [6.45, 7) is -1.07. The van der Waals surface area contributed by atoms with Gasteiger partial charge in [0.15, 0.2) is 0 Å². The van der Waals surface area contributed by atoms with Crippen LogP contribution in [0.1, 0.15) is 19.3 Å². The van der Waals surface area contributed by atoms with E-state index in [1.165, 1.54) is 0 Å². The van der Waals surface area contributed by atoms with E-state index in [4.69, 9.17) is 10.2 Å². The van der Waals surface area contributed by atoms with Crippen LogP contribution in [0.15, 0.2) is 0 Å². The molecule has 2 fully saturated rings. The summed E-state index contributed by atoms with van der Waals surface area (Å²) in [6, 6.07) is 0.202. The van der Waals surface area contributed by atoms with E-state index in [1.54, 1.807) is 4.90 Å². The lowest BCUT2D eigenvalue weighted by atomic mass is 10.1. The smallest absolute Gasteiger partial charge is 0.323 e. The van der Waals surface area contributed by atoms with Gasteiger partial charge in [-0.05, 0) is 12.8 Å². The van der Waals surface area contributed by atoms with E-state index in [0.717, 1.165) is 17.7 Å². The van der Waals surface area contributed by atoms with Crippen LogP contribution >= 0.6 is 0 Å². The zero-order chi connectivity index (χ0) is 14.9. The molecule has 20 heavy (non-hydrogen) atoms. The Morgan fingerprint density at radius 3 is 2.15 bits per heavy atom. The van der Waals surface area contributed by atoms with Crippen LogP contribution in [0.3, 0.4) is 0 Å². The number of aliphatic carboxylic acids is 2. The van der Waals surface area contributed by atoms with Crippen molar-refractivity contribution in [2.24, 2.45) is 5.92 Å². The van der Waals surface area contributed by atoms with Crippen molar-refractivity contribution < 1.29 is 29.4 Å². The van der Waals surface area contributed by atoms with Gasteiger partial charge in [0.05, 0.1) is 5.92 Å². The maximum absolute atomic E-state index is 12.2. The molecule has 0 radical (unpaired) electrons. The minimum absolute atomic E-state index is 0.0328. The molecule has 0 bridgehead atoms. The molecule has 8 nitrogen and oxygen atoms in total. The number of amides is 2. The fraction of sp³-hybridized carbons (Fsp3) is 0.667. The second-order valence-corrected chi connectivity index (χ2v) is 5.16. The molecule has 0 aromatic carbocycles. The molecular formula is C12H16N2O6. The quantitative estimate of drug-likeness (QED) is 0.646. The van der Waals surface area contributed by atoms with Crippen LogP contribution in [0.4, 0.5) is 0 Å². The van der Waals surface area contributed by atoms with Crippen molar-refractivity contribution in [3.63, 3.8) is 0 Å². The fourth-order valence-electron chi connectivity index (χ4n) is 2.43. The van der Waals surface area contributed by atoms with Gasteiger partial charge in [-0.3, -0.25) is 19.2 Å². The van der Waals surface area contributed by atoms with Crippen LogP contribution in [0.5, 0.6) is 0 Å². The molecule has 1 saturated heterocycles. The minimum atomic E-state index is -1.28. The molecule has 0 aromatic rings. The highest BCUT2D eigenvalue weighted by Crippen LogP contribution is 2.33. The summed E-state index contributed by atoms with van der Waals surface area (Å²) in [4.78, 5) is 47.7. The van der Waals surface area contributed by atoms with Crippen LogP contribution in [-0.4, -0.2) is 69.4 Å². The van der Waals surface area contributed by atoms with Gasteiger partial charge in [0, 0.05) is 19.0 Å². The predicted octanol–water partition coefficient (Wildman–Crippen LogP) is -1.00. The van der Waals surface area contributed by atoms with Crippen LogP contribution in [0.25, 0.3) is 0 Å². The summed E-state index contributed by atoms with van der Waals surface area (Å²) < 4.78 is 0. The molecule has 1 heterocycles. The first kappa shape index (κ1) is 14.3. The Hall–Kier alpha value is -2.12. The van der Waals surface area contributed by atoms with E-state index in [1.807, 2.05) is 0 Å². The Kier molecular flexibility index (Phi) is 3.91. The van der Waals surface area contributed by atoms with Gasteiger partial charge in [0.25, 0.3) is 0 Å². The van der Waals surface area contributed by atoms with E-state index < -0.39 is 36.9 Å². The van der Waals surface area contributed by atoms with Crippen molar-refractivity contribution in [3.8, 4) is 0 Å². The van der Waals surface area contributed by atoms with Crippen molar-refractivity contribution in [2.45, 2.75) is 25.3 Å². The van der Waals surface area contributed by atoms with E-state index in [-0.39, 0.29) is 24.9 Å². The second kappa shape index (κ2) is 5.48. The Morgan fingerprint density at radius 1 is 1.15 bits per heavy atom. The van der Waals surface area contributed by atoms with Crippen molar-refractivity contribution >= 4 is 23.8 Å². The number of hydrogen-bond donors (Lipinski definition) is 2. The average Bonchev–Trinajstić information content (AvgIpc) is 3.10. The highest BCUT2D eigenvalue weighted by molar-refractivity contribution is 5.92. The van der Waals surface area contributed by atoms with Crippen molar-refractivity contribution in [2.75, 3.05) is 19.6 Å². The zero-order valence-electron chi connectivity index (χ0n) is 10.8. The first-order valence-electron chi connectivity index (χ1n) is 6.40. The van der Waals surface area contributed by atoms with Crippen LogP contribution in [0, 0.1) is 5.92 Å². The molecule has 0 spiro atoms. The van der Waals surface area contributed by atoms with Crippen molar-refractivity contribution in [1.82, 2.24) is 9.80 Å². The van der Waals surface area contributed by atoms with Gasteiger partial charge in [-0.25, -0.2) is 0 Å². The number of hydrogen-bond acceptors (Lipinski definition) is 4. The molecule has 1 aliphatic heterocycles. The standard InChI is InChI=1S/C12H16N2O6/c15-9-3-7(4-14(9)8-1-2-8)12(20)13(5-10(16)17)6-11(18)19/h7-8H,1-6H2,(H,16,17)(H,18,19). The molecule has 110 valence electrons. The van der Waals surface area contributed by atoms with Gasteiger partial charge in [0.2, 0.25) is 11.8 Å². The van der Waals surface area contributed by atoms with E-state index in [9.17, 15) is 19.2 Å². The Bertz CT molecular complexity index is 443. The monoisotopic (exact) mass is 284 g/mol. The number of carboxylic acids is 2. The Morgan fingerprint density at radius 2 is 1.70 bits per heavy atom. The third kappa shape index (κ3) is 3.25. The maximum Gasteiger partial charge on any atom is 0.323 e. The molecule has 1 unspecified atom stereocenters. The first-order valence-corrected chi connectivity index (χ1v) is 6.40. The molecule has 1 saturated carbocycles. The largest absolute Gasteiger partial charge is 0.480 e. The molecule has 2 N–H and O–H groups in total. The third-order valence-electron chi connectivity index (χ3n) is 3.46. The number of carbonyl (C=O) groups is 4. The lowest BCUT2D eigenvalue weighted by molar-refractivity contribution is -0.151. The lowest BCUT2D eigenvalue weighted by Crippen LogP contribution is -2.43. The topological polar surface area (TPSA) is 115 Å². The van der Waals surface area contributed by atoms with E-state index >= 15 is 0 Å². The SMILES string of the molecule is O=C(O)CN(CC(=O)O)C(=O)C1CC(=O)N(C2CC2)C1. The normalized spacial score (nSPS) is 21.9. The van der Waals surface area contributed by atoms with Gasteiger partial charge in [-0.15, -0.1) is 0 Å². The summed E-state index contributed by atoms with van der Waals surface area (Å²) in [7, 11) is 0. The molecule has 1 atom stereocenters. The second-order valence-electron chi connectivity index (χ2n) is 5.16. The number of carboxylic acid groups (broad SMARTS) is 2. The highest BCUT2D eigenvalue weighted by atomic mass is 16.4.